The first-order chi connectivity index (χ1) is 11.5. The van der Waals surface area contributed by atoms with E-state index in [9.17, 15) is 14.0 Å². The number of ether oxygens (including phenoxy) is 1. The van der Waals surface area contributed by atoms with Crippen LogP contribution in [0, 0.1) is 5.82 Å². The van der Waals surface area contributed by atoms with Gasteiger partial charge in [0, 0.05) is 28.0 Å². The van der Waals surface area contributed by atoms with Crippen LogP contribution in [0.4, 0.5) is 15.8 Å². The lowest BCUT2D eigenvalue weighted by atomic mass is 10.2. The van der Waals surface area contributed by atoms with E-state index in [4.69, 9.17) is 4.74 Å². The van der Waals surface area contributed by atoms with Crippen molar-refractivity contribution < 1.29 is 18.7 Å². The molecule has 2 aromatic carbocycles. The van der Waals surface area contributed by atoms with Crippen molar-refractivity contribution in [2.45, 2.75) is 0 Å². The standard InChI is InChI=1S/C17H14BrFN2O3/c18-12-7-11(8-13(19)9-12)17(23)20-14-1-3-15(4-2-14)21-5-6-24-10-16(21)22/h1-4,7-9H,5-6,10H2,(H,20,23). The van der Waals surface area contributed by atoms with Crippen LogP contribution in [0.3, 0.4) is 0 Å². The second-order valence-corrected chi connectivity index (χ2v) is 6.17. The van der Waals surface area contributed by atoms with Gasteiger partial charge < -0.3 is 15.0 Å². The first-order valence-corrected chi connectivity index (χ1v) is 8.08. The highest BCUT2D eigenvalue weighted by Gasteiger charge is 2.20. The number of morpholine rings is 1. The molecule has 1 aliphatic rings. The van der Waals surface area contributed by atoms with E-state index >= 15 is 0 Å². The Bertz CT molecular complexity index is 760. The molecule has 5 nitrogen and oxygen atoms in total. The Kier molecular flexibility index (Phi) is 4.92. The molecule has 1 fully saturated rings. The number of benzene rings is 2. The maximum Gasteiger partial charge on any atom is 0.255 e. The summed E-state index contributed by atoms with van der Waals surface area (Å²) in [6, 6.07) is 10.9. The third-order valence-electron chi connectivity index (χ3n) is 3.55. The lowest BCUT2D eigenvalue weighted by Gasteiger charge is -2.26. The zero-order valence-corrected chi connectivity index (χ0v) is 14.2. The number of nitrogens with one attached hydrogen (secondary N) is 1. The zero-order valence-electron chi connectivity index (χ0n) is 12.6. The fourth-order valence-corrected chi connectivity index (χ4v) is 2.87. The Balaban J connectivity index is 1.71. The van der Waals surface area contributed by atoms with Crippen LogP contribution in [-0.4, -0.2) is 31.6 Å². The maximum atomic E-state index is 13.4. The fourth-order valence-electron chi connectivity index (χ4n) is 2.40. The summed E-state index contributed by atoms with van der Waals surface area (Å²) in [6.45, 7) is 1.08. The van der Waals surface area contributed by atoms with Crippen LogP contribution in [0.25, 0.3) is 0 Å². The van der Waals surface area contributed by atoms with Crippen LogP contribution in [0.5, 0.6) is 0 Å². The molecule has 3 rings (SSSR count). The normalized spacial score (nSPS) is 14.6. The Hall–Kier alpha value is -2.25. The van der Waals surface area contributed by atoms with Gasteiger partial charge in [0.1, 0.15) is 12.4 Å². The summed E-state index contributed by atoms with van der Waals surface area (Å²) in [7, 11) is 0. The van der Waals surface area contributed by atoms with Gasteiger partial charge in [-0.1, -0.05) is 15.9 Å². The number of halogens is 2. The second-order valence-electron chi connectivity index (χ2n) is 5.26. The lowest BCUT2D eigenvalue weighted by molar-refractivity contribution is -0.125. The quantitative estimate of drug-likeness (QED) is 0.872. The van der Waals surface area contributed by atoms with E-state index < -0.39 is 11.7 Å². The minimum atomic E-state index is -0.490. The first kappa shape index (κ1) is 16.6. The van der Waals surface area contributed by atoms with Crippen molar-refractivity contribution in [3.8, 4) is 0 Å². The summed E-state index contributed by atoms with van der Waals surface area (Å²) >= 11 is 3.16. The molecule has 2 amide bonds. The summed E-state index contributed by atoms with van der Waals surface area (Å²) in [5, 5.41) is 2.70. The van der Waals surface area contributed by atoms with Gasteiger partial charge in [0.2, 0.25) is 0 Å². The Labute approximate surface area is 146 Å². The molecule has 0 atom stereocenters. The van der Waals surface area contributed by atoms with Gasteiger partial charge in [-0.3, -0.25) is 9.59 Å². The van der Waals surface area contributed by atoms with Gasteiger partial charge in [0.25, 0.3) is 11.8 Å². The third kappa shape index (κ3) is 3.80. The van der Waals surface area contributed by atoms with Gasteiger partial charge in [0.15, 0.2) is 0 Å². The highest BCUT2D eigenvalue weighted by atomic mass is 79.9. The van der Waals surface area contributed by atoms with E-state index in [0.717, 1.165) is 5.69 Å². The predicted molar refractivity (Wildman–Crippen MR) is 91.7 cm³/mol. The van der Waals surface area contributed by atoms with Crippen molar-refractivity contribution in [3.05, 3.63) is 58.3 Å². The predicted octanol–water partition coefficient (Wildman–Crippen LogP) is 3.20. The SMILES string of the molecule is O=C(Nc1ccc(N2CCOCC2=O)cc1)c1cc(F)cc(Br)c1. The molecule has 0 aliphatic carbocycles. The molecule has 2 aromatic rings. The van der Waals surface area contributed by atoms with Crippen molar-refractivity contribution in [2.75, 3.05) is 30.0 Å². The van der Waals surface area contributed by atoms with Crippen molar-refractivity contribution in [1.82, 2.24) is 0 Å². The van der Waals surface area contributed by atoms with E-state index in [1.807, 2.05) is 0 Å². The van der Waals surface area contributed by atoms with Crippen molar-refractivity contribution >= 4 is 39.1 Å². The molecule has 124 valence electrons. The molecule has 0 aromatic heterocycles. The Morgan fingerprint density at radius 2 is 1.96 bits per heavy atom. The molecular formula is C17H14BrFN2O3. The Morgan fingerprint density at radius 1 is 1.21 bits per heavy atom. The number of anilines is 2. The molecule has 0 saturated carbocycles. The molecule has 1 saturated heterocycles. The highest BCUT2D eigenvalue weighted by molar-refractivity contribution is 9.10. The Morgan fingerprint density at radius 3 is 2.62 bits per heavy atom. The van der Waals surface area contributed by atoms with Gasteiger partial charge in [-0.15, -0.1) is 0 Å². The summed E-state index contributed by atoms with van der Waals surface area (Å²) in [5.41, 5.74) is 1.52. The zero-order chi connectivity index (χ0) is 17.1. The highest BCUT2D eigenvalue weighted by Crippen LogP contribution is 2.21. The number of rotatable bonds is 3. The van der Waals surface area contributed by atoms with Gasteiger partial charge in [-0.25, -0.2) is 4.39 Å². The summed E-state index contributed by atoms with van der Waals surface area (Å²) in [4.78, 5) is 25.6. The summed E-state index contributed by atoms with van der Waals surface area (Å²) in [6.07, 6.45) is 0. The van der Waals surface area contributed by atoms with Crippen molar-refractivity contribution in [2.24, 2.45) is 0 Å². The van der Waals surface area contributed by atoms with E-state index in [2.05, 4.69) is 21.2 Å². The van der Waals surface area contributed by atoms with Crippen LogP contribution >= 0.6 is 15.9 Å². The van der Waals surface area contributed by atoms with Crippen LogP contribution in [0.2, 0.25) is 0 Å². The van der Waals surface area contributed by atoms with Gasteiger partial charge in [-0.2, -0.15) is 0 Å². The molecule has 0 radical (unpaired) electrons. The molecular weight excluding hydrogens is 379 g/mol. The minimum Gasteiger partial charge on any atom is -0.370 e. The molecule has 1 aliphatic heterocycles. The van der Waals surface area contributed by atoms with E-state index in [-0.39, 0.29) is 18.1 Å². The maximum absolute atomic E-state index is 13.4. The van der Waals surface area contributed by atoms with E-state index in [0.29, 0.717) is 23.3 Å². The number of nitrogens with zero attached hydrogens (tertiary/aromatic N) is 1. The molecule has 1 heterocycles. The van der Waals surface area contributed by atoms with Gasteiger partial charge in [0.05, 0.1) is 6.61 Å². The fraction of sp³-hybridized carbons (Fsp3) is 0.176. The van der Waals surface area contributed by atoms with Crippen molar-refractivity contribution in [3.63, 3.8) is 0 Å². The number of carbonyl (C=O) groups is 2. The summed E-state index contributed by atoms with van der Waals surface area (Å²) < 4.78 is 19.0. The van der Waals surface area contributed by atoms with Gasteiger partial charge >= 0.3 is 0 Å². The summed E-state index contributed by atoms with van der Waals surface area (Å²) in [5.74, 6) is -0.997. The molecule has 0 bridgehead atoms. The third-order valence-corrected chi connectivity index (χ3v) is 4.01. The minimum absolute atomic E-state index is 0.0763. The molecule has 0 spiro atoms. The average molecular weight is 393 g/mol. The average Bonchev–Trinajstić information content (AvgIpc) is 2.55. The molecule has 7 heteroatoms. The van der Waals surface area contributed by atoms with Crippen LogP contribution in [-0.2, 0) is 9.53 Å². The van der Waals surface area contributed by atoms with E-state index in [1.54, 1.807) is 35.2 Å². The van der Waals surface area contributed by atoms with E-state index in [1.165, 1.54) is 12.1 Å². The number of amides is 2. The van der Waals surface area contributed by atoms with Crippen LogP contribution in [0.1, 0.15) is 10.4 Å². The van der Waals surface area contributed by atoms with Crippen LogP contribution in [0.15, 0.2) is 46.9 Å². The molecule has 24 heavy (non-hydrogen) atoms. The number of carbonyl (C=O) groups excluding carboxylic acids is 2. The monoisotopic (exact) mass is 392 g/mol. The largest absolute Gasteiger partial charge is 0.370 e. The second kappa shape index (κ2) is 7.11. The first-order valence-electron chi connectivity index (χ1n) is 7.28. The van der Waals surface area contributed by atoms with Crippen molar-refractivity contribution in [1.29, 1.82) is 0 Å². The molecule has 1 N–H and O–H groups in total. The number of hydrogen-bond acceptors (Lipinski definition) is 3. The van der Waals surface area contributed by atoms with Gasteiger partial charge in [-0.05, 0) is 42.5 Å². The topological polar surface area (TPSA) is 58.6 Å². The smallest absolute Gasteiger partial charge is 0.255 e. The molecule has 0 unspecified atom stereocenters. The van der Waals surface area contributed by atoms with Crippen LogP contribution < -0.4 is 10.2 Å². The number of hydrogen-bond donors (Lipinski definition) is 1. The lowest BCUT2D eigenvalue weighted by Crippen LogP contribution is -2.41.